The van der Waals surface area contributed by atoms with E-state index in [4.69, 9.17) is 28.3 Å². The van der Waals surface area contributed by atoms with Gasteiger partial charge >= 0.3 is 5.97 Å². The highest BCUT2D eigenvalue weighted by Crippen LogP contribution is 2.22. The highest BCUT2D eigenvalue weighted by molar-refractivity contribution is 6.35. The predicted molar refractivity (Wildman–Crippen MR) is 58.3 cm³/mol. The fourth-order valence-electron chi connectivity index (χ4n) is 1.17. The van der Waals surface area contributed by atoms with Gasteiger partial charge in [0.05, 0.1) is 28.0 Å². The second kappa shape index (κ2) is 4.11. The molecule has 0 saturated carbocycles. The van der Waals surface area contributed by atoms with E-state index in [0.29, 0.717) is 5.02 Å². The van der Waals surface area contributed by atoms with Crippen LogP contribution in [0.25, 0.3) is 5.82 Å². The monoisotopic (exact) mass is 257 g/mol. The molecule has 2 aromatic heterocycles. The number of carbonyl (C=O) groups is 1. The summed E-state index contributed by atoms with van der Waals surface area (Å²) in [5.74, 6) is -0.889. The Morgan fingerprint density at radius 3 is 2.75 bits per heavy atom. The number of hydrogen-bond acceptors (Lipinski definition) is 3. The van der Waals surface area contributed by atoms with Gasteiger partial charge in [-0.3, -0.25) is 0 Å². The standard InChI is InChI=1S/C9H5Cl2N3O2/c10-5-3-13-14(4-5)8-7(11)6(9(15)16)1-2-12-8/h1-4H,(H,15,16). The van der Waals surface area contributed by atoms with Gasteiger partial charge in [0.15, 0.2) is 5.82 Å². The Bertz CT molecular complexity index is 553. The first-order valence-corrected chi connectivity index (χ1v) is 4.93. The van der Waals surface area contributed by atoms with Gasteiger partial charge in [-0.25, -0.2) is 14.5 Å². The van der Waals surface area contributed by atoms with Gasteiger partial charge in [-0.15, -0.1) is 0 Å². The van der Waals surface area contributed by atoms with Crippen molar-refractivity contribution >= 4 is 29.2 Å². The molecular weight excluding hydrogens is 253 g/mol. The van der Waals surface area contributed by atoms with Crippen LogP contribution in [0.15, 0.2) is 24.7 Å². The Kier molecular flexibility index (Phi) is 2.80. The van der Waals surface area contributed by atoms with Crippen LogP contribution in [-0.4, -0.2) is 25.8 Å². The second-order valence-electron chi connectivity index (χ2n) is 2.90. The minimum absolute atomic E-state index is 0.0229. The van der Waals surface area contributed by atoms with Crippen molar-refractivity contribution in [2.45, 2.75) is 0 Å². The molecule has 0 saturated heterocycles. The van der Waals surface area contributed by atoms with E-state index in [1.54, 1.807) is 0 Å². The maximum Gasteiger partial charge on any atom is 0.337 e. The Balaban J connectivity index is 2.58. The van der Waals surface area contributed by atoms with Crippen LogP contribution in [0.1, 0.15) is 10.4 Å². The van der Waals surface area contributed by atoms with Crippen LogP contribution in [0.5, 0.6) is 0 Å². The van der Waals surface area contributed by atoms with Crippen molar-refractivity contribution in [3.63, 3.8) is 0 Å². The minimum Gasteiger partial charge on any atom is -0.478 e. The summed E-state index contributed by atoms with van der Waals surface area (Å²) >= 11 is 11.6. The zero-order chi connectivity index (χ0) is 11.7. The van der Waals surface area contributed by atoms with Crippen molar-refractivity contribution in [2.75, 3.05) is 0 Å². The predicted octanol–water partition coefficient (Wildman–Crippen LogP) is 2.27. The molecule has 0 aliphatic carbocycles. The first-order valence-electron chi connectivity index (χ1n) is 4.18. The van der Waals surface area contributed by atoms with E-state index in [-0.39, 0.29) is 16.4 Å². The van der Waals surface area contributed by atoms with Gasteiger partial charge in [-0.2, -0.15) is 5.10 Å². The summed E-state index contributed by atoms with van der Waals surface area (Å²) < 4.78 is 1.32. The van der Waals surface area contributed by atoms with Crippen LogP contribution < -0.4 is 0 Å². The van der Waals surface area contributed by atoms with Gasteiger partial charge in [0, 0.05) is 6.20 Å². The van der Waals surface area contributed by atoms with Gasteiger partial charge in [0.2, 0.25) is 0 Å². The number of aromatic nitrogens is 3. The molecule has 0 unspecified atom stereocenters. The molecule has 2 rings (SSSR count). The molecule has 1 N–H and O–H groups in total. The summed E-state index contributed by atoms with van der Waals surface area (Å²) in [6.45, 7) is 0. The Labute approximate surface area is 100 Å². The van der Waals surface area contributed by atoms with E-state index in [1.165, 1.54) is 29.3 Å². The molecule has 0 aromatic carbocycles. The van der Waals surface area contributed by atoms with Gasteiger partial charge in [0.25, 0.3) is 0 Å². The van der Waals surface area contributed by atoms with E-state index in [0.717, 1.165) is 0 Å². The molecule has 0 spiro atoms. The molecule has 0 aliphatic rings. The van der Waals surface area contributed by atoms with Crippen molar-refractivity contribution in [1.82, 2.24) is 14.8 Å². The maximum atomic E-state index is 10.8. The van der Waals surface area contributed by atoms with E-state index < -0.39 is 5.97 Å². The summed E-state index contributed by atoms with van der Waals surface area (Å²) in [7, 11) is 0. The normalized spacial score (nSPS) is 10.4. The molecule has 16 heavy (non-hydrogen) atoms. The van der Waals surface area contributed by atoms with Crippen molar-refractivity contribution in [1.29, 1.82) is 0 Å². The topological polar surface area (TPSA) is 68.0 Å². The summed E-state index contributed by atoms with van der Waals surface area (Å²) in [6, 6.07) is 1.32. The van der Waals surface area contributed by atoms with Crippen LogP contribution in [0.2, 0.25) is 10.0 Å². The number of halogens is 2. The molecule has 2 heterocycles. The van der Waals surface area contributed by atoms with Gasteiger partial charge < -0.3 is 5.11 Å². The number of carboxylic acid groups (broad SMARTS) is 1. The molecule has 0 amide bonds. The largest absolute Gasteiger partial charge is 0.478 e. The van der Waals surface area contributed by atoms with Crippen LogP contribution >= 0.6 is 23.2 Å². The summed E-state index contributed by atoms with van der Waals surface area (Å²) in [5.41, 5.74) is -0.0294. The molecule has 2 aromatic rings. The molecule has 0 fully saturated rings. The number of pyridine rings is 1. The molecule has 0 aliphatic heterocycles. The number of carboxylic acids is 1. The van der Waals surface area contributed by atoms with Crippen molar-refractivity contribution in [3.8, 4) is 5.82 Å². The average Bonchev–Trinajstić information content (AvgIpc) is 2.64. The zero-order valence-corrected chi connectivity index (χ0v) is 9.27. The van der Waals surface area contributed by atoms with Crippen molar-refractivity contribution < 1.29 is 9.90 Å². The Morgan fingerprint density at radius 1 is 1.44 bits per heavy atom. The van der Waals surface area contributed by atoms with Gasteiger partial charge in [-0.1, -0.05) is 23.2 Å². The van der Waals surface area contributed by atoms with E-state index >= 15 is 0 Å². The molecule has 0 radical (unpaired) electrons. The Morgan fingerprint density at radius 2 is 2.19 bits per heavy atom. The molecule has 0 atom stereocenters. The summed E-state index contributed by atoms with van der Waals surface area (Å²) in [5, 5.41) is 13.2. The minimum atomic E-state index is -1.12. The lowest BCUT2D eigenvalue weighted by molar-refractivity contribution is 0.0697. The lowest BCUT2D eigenvalue weighted by atomic mass is 10.2. The van der Waals surface area contributed by atoms with E-state index in [1.807, 2.05) is 0 Å². The maximum absolute atomic E-state index is 10.8. The third-order valence-electron chi connectivity index (χ3n) is 1.87. The molecule has 7 heteroatoms. The van der Waals surface area contributed by atoms with Crippen molar-refractivity contribution in [2.24, 2.45) is 0 Å². The third-order valence-corrected chi connectivity index (χ3v) is 2.44. The number of rotatable bonds is 2. The molecular formula is C9H5Cl2N3O2. The lowest BCUT2D eigenvalue weighted by Gasteiger charge is -2.04. The first kappa shape index (κ1) is 10.9. The Hall–Kier alpha value is -1.59. The molecule has 82 valence electrons. The van der Waals surface area contributed by atoms with Crippen LogP contribution in [0.3, 0.4) is 0 Å². The SMILES string of the molecule is O=C(O)c1ccnc(-n2cc(Cl)cn2)c1Cl. The fraction of sp³-hybridized carbons (Fsp3) is 0. The average molecular weight is 258 g/mol. The zero-order valence-electron chi connectivity index (χ0n) is 7.76. The quantitative estimate of drug-likeness (QED) is 0.897. The van der Waals surface area contributed by atoms with Crippen LogP contribution in [-0.2, 0) is 0 Å². The highest BCUT2D eigenvalue weighted by atomic mass is 35.5. The van der Waals surface area contributed by atoms with Crippen LogP contribution in [0.4, 0.5) is 0 Å². The third kappa shape index (κ3) is 1.87. The first-order chi connectivity index (χ1) is 7.59. The van der Waals surface area contributed by atoms with Gasteiger partial charge in [-0.05, 0) is 6.07 Å². The number of aromatic carboxylic acids is 1. The summed E-state index contributed by atoms with van der Waals surface area (Å²) in [6.07, 6.45) is 4.24. The fourth-order valence-corrected chi connectivity index (χ4v) is 1.59. The number of nitrogens with zero attached hydrogens (tertiary/aromatic N) is 3. The van der Waals surface area contributed by atoms with Crippen molar-refractivity contribution in [3.05, 3.63) is 40.3 Å². The van der Waals surface area contributed by atoms with E-state index in [2.05, 4.69) is 10.1 Å². The van der Waals surface area contributed by atoms with Crippen LogP contribution in [0, 0.1) is 0 Å². The van der Waals surface area contributed by atoms with E-state index in [9.17, 15) is 4.79 Å². The lowest BCUT2D eigenvalue weighted by Crippen LogP contribution is -2.04. The summed E-state index contributed by atoms with van der Waals surface area (Å²) in [4.78, 5) is 14.8. The second-order valence-corrected chi connectivity index (χ2v) is 3.72. The highest BCUT2D eigenvalue weighted by Gasteiger charge is 2.14. The molecule has 0 bridgehead atoms. The smallest absolute Gasteiger partial charge is 0.337 e. The van der Waals surface area contributed by atoms with Gasteiger partial charge in [0.1, 0.15) is 0 Å². The number of hydrogen-bond donors (Lipinski definition) is 1. The molecule has 5 nitrogen and oxygen atoms in total.